The number of carbonyl (C=O) groups is 2. The molecule has 0 radical (unpaired) electrons. The van der Waals surface area contributed by atoms with Crippen molar-refractivity contribution in [2.75, 3.05) is 6.54 Å². The maximum atomic E-state index is 11.8. The molecule has 0 saturated heterocycles. The molecule has 2 unspecified atom stereocenters. The number of amides is 2. The van der Waals surface area contributed by atoms with E-state index in [9.17, 15) is 9.59 Å². The average Bonchev–Trinajstić information content (AvgIpc) is 2.48. The van der Waals surface area contributed by atoms with Gasteiger partial charge in [-0.3, -0.25) is 9.59 Å². The lowest BCUT2D eigenvalue weighted by Crippen LogP contribution is -2.51. The Morgan fingerprint density at radius 2 is 1.85 bits per heavy atom. The van der Waals surface area contributed by atoms with Crippen LogP contribution in [0.15, 0.2) is 30.3 Å². The van der Waals surface area contributed by atoms with Gasteiger partial charge in [-0.15, -0.1) is 0 Å². The molecule has 0 aliphatic heterocycles. The van der Waals surface area contributed by atoms with Crippen molar-refractivity contribution in [2.45, 2.75) is 37.8 Å². The first-order valence-corrected chi connectivity index (χ1v) is 7.05. The molecule has 5 heteroatoms. The quantitative estimate of drug-likeness (QED) is 0.760. The molecule has 1 saturated carbocycles. The van der Waals surface area contributed by atoms with E-state index in [1.807, 2.05) is 6.07 Å². The topological polar surface area (TPSA) is 84.2 Å². The molecular formula is C15H21N3O2. The molecule has 0 bridgehead atoms. The highest BCUT2D eigenvalue weighted by atomic mass is 16.2. The Labute approximate surface area is 118 Å². The number of carbonyl (C=O) groups excluding carboxylic acids is 2. The number of rotatable bonds is 4. The molecule has 0 spiro atoms. The van der Waals surface area contributed by atoms with Gasteiger partial charge in [-0.05, 0) is 25.0 Å². The third kappa shape index (κ3) is 4.06. The standard InChI is InChI=1S/C15H21N3O2/c16-12-8-4-5-9-13(12)18-14(19)10-17-15(20)11-6-2-1-3-7-11/h1-3,6-7,12-13H,4-5,8-10,16H2,(H,17,20)(H,18,19). The maximum Gasteiger partial charge on any atom is 0.251 e. The first-order valence-electron chi connectivity index (χ1n) is 7.05. The van der Waals surface area contributed by atoms with E-state index < -0.39 is 0 Å². The van der Waals surface area contributed by atoms with Crippen molar-refractivity contribution in [1.29, 1.82) is 0 Å². The highest BCUT2D eigenvalue weighted by Gasteiger charge is 2.23. The summed E-state index contributed by atoms with van der Waals surface area (Å²) in [6.07, 6.45) is 4.08. The van der Waals surface area contributed by atoms with Crippen molar-refractivity contribution in [3.05, 3.63) is 35.9 Å². The van der Waals surface area contributed by atoms with E-state index in [1.165, 1.54) is 0 Å². The fourth-order valence-corrected chi connectivity index (χ4v) is 2.45. The normalized spacial score (nSPS) is 22.1. The molecule has 20 heavy (non-hydrogen) atoms. The van der Waals surface area contributed by atoms with Crippen LogP contribution < -0.4 is 16.4 Å². The highest BCUT2D eigenvalue weighted by Crippen LogP contribution is 2.16. The van der Waals surface area contributed by atoms with Gasteiger partial charge in [0.05, 0.1) is 6.54 Å². The van der Waals surface area contributed by atoms with Crippen molar-refractivity contribution in [3.8, 4) is 0 Å². The molecule has 0 heterocycles. The van der Waals surface area contributed by atoms with Gasteiger partial charge in [-0.25, -0.2) is 0 Å². The molecule has 108 valence electrons. The smallest absolute Gasteiger partial charge is 0.251 e. The molecule has 2 atom stereocenters. The fourth-order valence-electron chi connectivity index (χ4n) is 2.45. The van der Waals surface area contributed by atoms with E-state index in [0.29, 0.717) is 5.56 Å². The highest BCUT2D eigenvalue weighted by molar-refractivity contribution is 5.96. The fraction of sp³-hybridized carbons (Fsp3) is 0.467. The van der Waals surface area contributed by atoms with Crippen LogP contribution in [0.2, 0.25) is 0 Å². The van der Waals surface area contributed by atoms with Gasteiger partial charge in [-0.1, -0.05) is 31.0 Å². The Hall–Kier alpha value is -1.88. The lowest BCUT2D eigenvalue weighted by atomic mass is 9.91. The number of hydrogen-bond donors (Lipinski definition) is 3. The molecular weight excluding hydrogens is 254 g/mol. The summed E-state index contributed by atoms with van der Waals surface area (Å²) in [4.78, 5) is 23.6. The summed E-state index contributed by atoms with van der Waals surface area (Å²) in [5, 5.41) is 5.51. The van der Waals surface area contributed by atoms with Crippen LogP contribution in [0.1, 0.15) is 36.0 Å². The zero-order valence-electron chi connectivity index (χ0n) is 11.5. The molecule has 2 amide bonds. The van der Waals surface area contributed by atoms with Crippen molar-refractivity contribution >= 4 is 11.8 Å². The number of nitrogens with two attached hydrogens (primary N) is 1. The van der Waals surface area contributed by atoms with Crippen molar-refractivity contribution < 1.29 is 9.59 Å². The SMILES string of the molecule is NC1CCCCC1NC(=O)CNC(=O)c1ccccc1. The minimum Gasteiger partial charge on any atom is -0.350 e. The Kier molecular flexibility index (Phi) is 5.12. The van der Waals surface area contributed by atoms with Crippen molar-refractivity contribution in [2.24, 2.45) is 5.73 Å². The van der Waals surface area contributed by atoms with Gasteiger partial charge in [0.15, 0.2) is 0 Å². The number of hydrogen-bond acceptors (Lipinski definition) is 3. The Morgan fingerprint density at radius 1 is 1.15 bits per heavy atom. The van der Waals surface area contributed by atoms with Crippen LogP contribution in [0.25, 0.3) is 0 Å². The third-order valence-corrected chi connectivity index (χ3v) is 3.61. The van der Waals surface area contributed by atoms with Gasteiger partial charge in [-0.2, -0.15) is 0 Å². The van der Waals surface area contributed by atoms with Gasteiger partial charge < -0.3 is 16.4 Å². The molecule has 1 aromatic rings. The predicted octanol–water partition coefficient (Wildman–Crippen LogP) is 0.803. The predicted molar refractivity (Wildman–Crippen MR) is 77.1 cm³/mol. The minimum atomic E-state index is -0.242. The monoisotopic (exact) mass is 275 g/mol. The molecule has 1 aliphatic carbocycles. The summed E-state index contributed by atoms with van der Waals surface area (Å²) in [6, 6.07) is 8.90. The van der Waals surface area contributed by atoms with Gasteiger partial charge in [0, 0.05) is 17.6 Å². The second kappa shape index (κ2) is 7.05. The first-order chi connectivity index (χ1) is 9.66. The molecule has 5 nitrogen and oxygen atoms in total. The summed E-state index contributed by atoms with van der Waals surface area (Å²) in [6.45, 7) is -0.0169. The number of benzene rings is 1. The Morgan fingerprint density at radius 3 is 2.55 bits per heavy atom. The summed E-state index contributed by atoms with van der Waals surface area (Å²) in [7, 11) is 0. The van der Waals surface area contributed by atoms with Crippen LogP contribution in [-0.4, -0.2) is 30.4 Å². The van der Waals surface area contributed by atoms with Gasteiger partial charge in [0.25, 0.3) is 5.91 Å². The second-order valence-corrected chi connectivity index (χ2v) is 5.17. The zero-order chi connectivity index (χ0) is 14.4. The van der Waals surface area contributed by atoms with Crippen molar-refractivity contribution in [1.82, 2.24) is 10.6 Å². The molecule has 1 aromatic carbocycles. The van der Waals surface area contributed by atoms with Gasteiger partial charge >= 0.3 is 0 Å². The number of nitrogens with one attached hydrogen (secondary N) is 2. The summed E-state index contributed by atoms with van der Waals surface area (Å²) < 4.78 is 0. The van der Waals surface area contributed by atoms with E-state index in [0.717, 1.165) is 25.7 Å². The molecule has 1 aliphatic rings. The van der Waals surface area contributed by atoms with Gasteiger partial charge in [0.2, 0.25) is 5.91 Å². The summed E-state index contributed by atoms with van der Waals surface area (Å²) in [5.41, 5.74) is 6.52. The van der Waals surface area contributed by atoms with Crippen LogP contribution in [-0.2, 0) is 4.79 Å². The van der Waals surface area contributed by atoms with E-state index >= 15 is 0 Å². The first kappa shape index (κ1) is 14.5. The van der Waals surface area contributed by atoms with Crippen LogP contribution >= 0.6 is 0 Å². The molecule has 2 rings (SSSR count). The van der Waals surface area contributed by atoms with Crippen LogP contribution in [0.5, 0.6) is 0 Å². The van der Waals surface area contributed by atoms with Crippen molar-refractivity contribution in [3.63, 3.8) is 0 Å². The van der Waals surface area contributed by atoms with Crippen LogP contribution in [0.4, 0.5) is 0 Å². The van der Waals surface area contributed by atoms with E-state index in [4.69, 9.17) is 5.73 Å². The van der Waals surface area contributed by atoms with Gasteiger partial charge in [0.1, 0.15) is 0 Å². The maximum absolute atomic E-state index is 11.8. The van der Waals surface area contributed by atoms with Crippen LogP contribution in [0.3, 0.4) is 0 Å². The average molecular weight is 275 g/mol. The lowest BCUT2D eigenvalue weighted by molar-refractivity contribution is -0.121. The third-order valence-electron chi connectivity index (χ3n) is 3.61. The summed E-state index contributed by atoms with van der Waals surface area (Å²) >= 11 is 0. The molecule has 1 fully saturated rings. The second-order valence-electron chi connectivity index (χ2n) is 5.17. The Balaban J connectivity index is 1.76. The minimum absolute atomic E-state index is 0.0169. The van der Waals surface area contributed by atoms with E-state index in [2.05, 4.69) is 10.6 Å². The lowest BCUT2D eigenvalue weighted by Gasteiger charge is -2.29. The van der Waals surface area contributed by atoms with E-state index in [1.54, 1.807) is 24.3 Å². The molecule has 0 aromatic heterocycles. The van der Waals surface area contributed by atoms with Crippen LogP contribution in [0, 0.1) is 0 Å². The Bertz CT molecular complexity index is 461. The van der Waals surface area contributed by atoms with E-state index in [-0.39, 0.29) is 30.4 Å². The summed E-state index contributed by atoms with van der Waals surface area (Å²) in [5.74, 6) is -0.426. The zero-order valence-corrected chi connectivity index (χ0v) is 11.5. The largest absolute Gasteiger partial charge is 0.350 e. The molecule has 4 N–H and O–H groups in total.